The molecule has 18 heavy (non-hydrogen) atoms. The SMILES string of the molecule is CCC1CCCC(C(CN)(CC(C)C)C(=O)O)C1. The van der Waals surface area contributed by atoms with Crippen LogP contribution in [0.4, 0.5) is 0 Å². The summed E-state index contributed by atoms with van der Waals surface area (Å²) >= 11 is 0. The van der Waals surface area contributed by atoms with Gasteiger partial charge in [-0.15, -0.1) is 0 Å². The summed E-state index contributed by atoms with van der Waals surface area (Å²) in [6.45, 7) is 6.67. The molecule has 0 spiro atoms. The fraction of sp³-hybridized carbons (Fsp3) is 0.933. The number of aliphatic carboxylic acids is 1. The molecule has 3 unspecified atom stereocenters. The van der Waals surface area contributed by atoms with Crippen LogP contribution in [0, 0.1) is 23.2 Å². The van der Waals surface area contributed by atoms with E-state index in [1.54, 1.807) is 0 Å². The van der Waals surface area contributed by atoms with Crippen LogP contribution in [0.5, 0.6) is 0 Å². The van der Waals surface area contributed by atoms with Crippen molar-refractivity contribution >= 4 is 5.97 Å². The monoisotopic (exact) mass is 255 g/mol. The minimum Gasteiger partial charge on any atom is -0.481 e. The van der Waals surface area contributed by atoms with E-state index in [0.717, 1.165) is 19.3 Å². The van der Waals surface area contributed by atoms with Crippen LogP contribution >= 0.6 is 0 Å². The van der Waals surface area contributed by atoms with Crippen molar-refractivity contribution in [3.8, 4) is 0 Å². The first-order valence-corrected chi connectivity index (χ1v) is 7.39. The molecule has 3 atom stereocenters. The van der Waals surface area contributed by atoms with Gasteiger partial charge in [-0.2, -0.15) is 0 Å². The van der Waals surface area contributed by atoms with Gasteiger partial charge in [-0.3, -0.25) is 4.79 Å². The molecule has 1 rings (SSSR count). The predicted octanol–water partition coefficient (Wildman–Crippen LogP) is 3.28. The summed E-state index contributed by atoms with van der Waals surface area (Å²) < 4.78 is 0. The third-order valence-electron chi connectivity index (χ3n) is 4.70. The van der Waals surface area contributed by atoms with Gasteiger partial charge in [-0.25, -0.2) is 0 Å². The largest absolute Gasteiger partial charge is 0.481 e. The molecule has 3 N–H and O–H groups in total. The lowest BCUT2D eigenvalue weighted by molar-refractivity contribution is -0.154. The van der Waals surface area contributed by atoms with Gasteiger partial charge in [-0.05, 0) is 37.0 Å². The van der Waals surface area contributed by atoms with Crippen LogP contribution in [0.3, 0.4) is 0 Å². The standard InChI is InChI=1S/C15H29NO2/c1-4-12-6-5-7-13(8-12)15(10-16,14(17)18)9-11(2)3/h11-13H,4-10,16H2,1-3H3,(H,17,18). The first-order chi connectivity index (χ1) is 8.46. The Labute approximate surface area is 111 Å². The molecule has 0 aromatic heterocycles. The molecule has 106 valence electrons. The molecular weight excluding hydrogens is 226 g/mol. The second-order valence-electron chi connectivity index (χ2n) is 6.40. The highest BCUT2D eigenvalue weighted by Gasteiger charge is 2.46. The van der Waals surface area contributed by atoms with Gasteiger partial charge in [0.1, 0.15) is 0 Å². The van der Waals surface area contributed by atoms with Crippen LogP contribution in [0.15, 0.2) is 0 Å². The zero-order chi connectivity index (χ0) is 13.8. The molecule has 0 amide bonds. The summed E-state index contributed by atoms with van der Waals surface area (Å²) in [5.41, 5.74) is 5.20. The molecule has 0 saturated heterocycles. The van der Waals surface area contributed by atoms with E-state index >= 15 is 0 Å². The number of hydrogen-bond acceptors (Lipinski definition) is 2. The van der Waals surface area contributed by atoms with Crippen molar-refractivity contribution in [2.24, 2.45) is 28.9 Å². The fourth-order valence-corrected chi connectivity index (χ4v) is 3.66. The maximum atomic E-state index is 11.8. The van der Waals surface area contributed by atoms with E-state index in [2.05, 4.69) is 20.8 Å². The number of carboxylic acids is 1. The van der Waals surface area contributed by atoms with Crippen molar-refractivity contribution < 1.29 is 9.90 Å². The Bertz CT molecular complexity index is 278. The summed E-state index contributed by atoms with van der Waals surface area (Å²) in [5.74, 6) is 0.661. The van der Waals surface area contributed by atoms with Gasteiger partial charge in [0, 0.05) is 6.54 Å². The van der Waals surface area contributed by atoms with Crippen molar-refractivity contribution in [3.63, 3.8) is 0 Å². The minimum atomic E-state index is -0.692. The Hall–Kier alpha value is -0.570. The highest BCUT2D eigenvalue weighted by Crippen LogP contribution is 2.45. The molecule has 1 aliphatic carbocycles. The van der Waals surface area contributed by atoms with Crippen LogP contribution in [0.2, 0.25) is 0 Å². The Kier molecular flexibility index (Phi) is 5.64. The fourth-order valence-electron chi connectivity index (χ4n) is 3.66. The van der Waals surface area contributed by atoms with Gasteiger partial charge in [0.15, 0.2) is 0 Å². The van der Waals surface area contributed by atoms with Crippen molar-refractivity contribution in [1.82, 2.24) is 0 Å². The molecule has 1 fully saturated rings. The molecule has 0 bridgehead atoms. The summed E-state index contributed by atoms with van der Waals surface area (Å²) in [6, 6.07) is 0. The lowest BCUT2D eigenvalue weighted by atomic mass is 9.63. The smallest absolute Gasteiger partial charge is 0.311 e. The van der Waals surface area contributed by atoms with E-state index in [1.165, 1.54) is 12.8 Å². The van der Waals surface area contributed by atoms with Gasteiger partial charge in [0.05, 0.1) is 5.41 Å². The molecule has 3 heteroatoms. The average Bonchev–Trinajstić information content (AvgIpc) is 2.35. The minimum absolute atomic E-state index is 0.265. The first kappa shape index (κ1) is 15.5. The second kappa shape index (κ2) is 6.55. The first-order valence-electron chi connectivity index (χ1n) is 7.39. The van der Waals surface area contributed by atoms with E-state index in [4.69, 9.17) is 5.73 Å². The van der Waals surface area contributed by atoms with Crippen molar-refractivity contribution in [2.45, 2.75) is 59.3 Å². The van der Waals surface area contributed by atoms with E-state index in [1.807, 2.05) is 0 Å². The molecular formula is C15H29NO2. The molecule has 0 aliphatic heterocycles. The summed E-state index contributed by atoms with van der Waals surface area (Å²) in [7, 11) is 0. The highest BCUT2D eigenvalue weighted by molar-refractivity contribution is 5.75. The average molecular weight is 255 g/mol. The Morgan fingerprint density at radius 3 is 2.56 bits per heavy atom. The van der Waals surface area contributed by atoms with Crippen LogP contribution in [0.1, 0.15) is 59.3 Å². The zero-order valence-electron chi connectivity index (χ0n) is 12.1. The second-order valence-corrected chi connectivity index (χ2v) is 6.40. The van der Waals surface area contributed by atoms with Crippen molar-refractivity contribution in [1.29, 1.82) is 0 Å². The van der Waals surface area contributed by atoms with Gasteiger partial charge >= 0.3 is 5.97 Å². The highest BCUT2D eigenvalue weighted by atomic mass is 16.4. The molecule has 1 saturated carbocycles. The van der Waals surface area contributed by atoms with E-state index < -0.39 is 11.4 Å². The van der Waals surface area contributed by atoms with E-state index in [9.17, 15) is 9.90 Å². The lowest BCUT2D eigenvalue weighted by Gasteiger charge is -2.42. The maximum Gasteiger partial charge on any atom is 0.311 e. The van der Waals surface area contributed by atoms with E-state index in [-0.39, 0.29) is 12.5 Å². The third kappa shape index (κ3) is 3.25. The Balaban J connectivity index is 2.90. The van der Waals surface area contributed by atoms with Crippen molar-refractivity contribution in [2.75, 3.05) is 6.54 Å². The Morgan fingerprint density at radius 1 is 1.44 bits per heavy atom. The molecule has 0 heterocycles. The summed E-state index contributed by atoms with van der Waals surface area (Å²) in [4.78, 5) is 11.8. The van der Waals surface area contributed by atoms with E-state index in [0.29, 0.717) is 18.3 Å². The number of hydrogen-bond donors (Lipinski definition) is 2. The quantitative estimate of drug-likeness (QED) is 0.765. The van der Waals surface area contributed by atoms with Crippen LogP contribution in [0.25, 0.3) is 0 Å². The Morgan fingerprint density at radius 2 is 2.11 bits per heavy atom. The number of rotatable bonds is 6. The molecule has 3 nitrogen and oxygen atoms in total. The summed E-state index contributed by atoms with van der Waals surface area (Å²) in [5, 5.41) is 9.70. The topological polar surface area (TPSA) is 63.3 Å². The number of carbonyl (C=O) groups is 1. The zero-order valence-corrected chi connectivity index (χ0v) is 12.1. The molecule has 0 aromatic carbocycles. The molecule has 0 radical (unpaired) electrons. The number of nitrogens with two attached hydrogens (primary N) is 1. The summed E-state index contributed by atoms with van der Waals surface area (Å²) in [6.07, 6.45) is 6.38. The molecule has 0 aromatic rings. The number of carboxylic acid groups (broad SMARTS) is 1. The van der Waals surface area contributed by atoms with Gasteiger partial charge in [-0.1, -0.05) is 40.0 Å². The lowest BCUT2D eigenvalue weighted by Crippen LogP contribution is -2.47. The van der Waals surface area contributed by atoms with Crippen LogP contribution in [-0.4, -0.2) is 17.6 Å². The third-order valence-corrected chi connectivity index (χ3v) is 4.70. The maximum absolute atomic E-state index is 11.8. The van der Waals surface area contributed by atoms with Crippen LogP contribution in [-0.2, 0) is 4.79 Å². The normalized spacial score (nSPS) is 28.1. The predicted molar refractivity (Wildman–Crippen MR) is 74.3 cm³/mol. The van der Waals surface area contributed by atoms with Gasteiger partial charge in [0.25, 0.3) is 0 Å². The van der Waals surface area contributed by atoms with Crippen LogP contribution < -0.4 is 5.73 Å². The van der Waals surface area contributed by atoms with Gasteiger partial charge in [0.2, 0.25) is 0 Å². The molecule has 1 aliphatic rings. The van der Waals surface area contributed by atoms with Gasteiger partial charge < -0.3 is 10.8 Å². The van der Waals surface area contributed by atoms with Crippen molar-refractivity contribution in [3.05, 3.63) is 0 Å².